The molecule has 7 heteroatoms. The average molecular weight is 265 g/mol. The monoisotopic (exact) mass is 265 g/mol. The lowest BCUT2D eigenvalue weighted by molar-refractivity contribution is -0.139. The number of sulfonamides is 1. The maximum Gasteiger partial charge on any atom is 0.303 e. The first-order chi connectivity index (χ1) is 7.81. The molecule has 6 nitrogen and oxygen atoms in total. The van der Waals surface area contributed by atoms with Crippen LogP contribution in [-0.4, -0.2) is 55.4 Å². The number of ether oxygens (including phenoxy) is 1. The highest BCUT2D eigenvalue weighted by Gasteiger charge is 2.36. The molecule has 0 saturated carbocycles. The molecule has 1 saturated heterocycles. The summed E-state index contributed by atoms with van der Waals surface area (Å²) in [6.07, 6.45) is 0.0514. The molecule has 17 heavy (non-hydrogen) atoms. The van der Waals surface area contributed by atoms with Crippen LogP contribution < -0.4 is 0 Å². The van der Waals surface area contributed by atoms with Gasteiger partial charge in [0.2, 0.25) is 10.0 Å². The summed E-state index contributed by atoms with van der Waals surface area (Å²) in [6.45, 7) is 4.50. The van der Waals surface area contributed by atoms with E-state index in [0.717, 1.165) is 0 Å². The van der Waals surface area contributed by atoms with Gasteiger partial charge in [0.05, 0.1) is 24.9 Å². The zero-order chi connectivity index (χ0) is 13.1. The van der Waals surface area contributed by atoms with Gasteiger partial charge in [-0.3, -0.25) is 4.79 Å². The van der Waals surface area contributed by atoms with Crippen LogP contribution in [0.3, 0.4) is 0 Å². The third-order valence-electron chi connectivity index (χ3n) is 2.57. The van der Waals surface area contributed by atoms with E-state index in [-0.39, 0.29) is 30.8 Å². The summed E-state index contributed by atoms with van der Waals surface area (Å²) in [6, 6.07) is 0. The summed E-state index contributed by atoms with van der Waals surface area (Å²) in [5.74, 6) is -0.964. The van der Waals surface area contributed by atoms with Crippen molar-refractivity contribution in [2.75, 3.05) is 25.4 Å². The zero-order valence-electron chi connectivity index (χ0n) is 10.1. The first-order valence-electron chi connectivity index (χ1n) is 5.62. The van der Waals surface area contributed by atoms with Crippen LogP contribution in [0.5, 0.6) is 0 Å². The SMILES string of the molecule is CC(C)OCCS(=O)(=O)N1CC(CC(=O)O)C1. The Hall–Kier alpha value is -0.660. The van der Waals surface area contributed by atoms with Gasteiger partial charge in [-0.1, -0.05) is 0 Å². The Morgan fingerprint density at radius 1 is 1.47 bits per heavy atom. The van der Waals surface area contributed by atoms with Gasteiger partial charge in [0.15, 0.2) is 0 Å². The number of hydrogen-bond donors (Lipinski definition) is 1. The molecule has 0 amide bonds. The van der Waals surface area contributed by atoms with Crippen LogP contribution in [0, 0.1) is 5.92 Å². The highest BCUT2D eigenvalue weighted by atomic mass is 32.2. The van der Waals surface area contributed by atoms with Crippen molar-refractivity contribution < 1.29 is 23.1 Å². The normalized spacial score (nSPS) is 18.3. The van der Waals surface area contributed by atoms with E-state index in [9.17, 15) is 13.2 Å². The van der Waals surface area contributed by atoms with Gasteiger partial charge < -0.3 is 9.84 Å². The van der Waals surface area contributed by atoms with E-state index in [4.69, 9.17) is 9.84 Å². The summed E-state index contributed by atoms with van der Waals surface area (Å²) in [5.41, 5.74) is 0. The third-order valence-corrected chi connectivity index (χ3v) is 4.34. The number of carbonyl (C=O) groups is 1. The molecule has 0 spiro atoms. The minimum Gasteiger partial charge on any atom is -0.481 e. The minimum atomic E-state index is -3.27. The van der Waals surface area contributed by atoms with Crippen LogP contribution >= 0.6 is 0 Å². The molecular formula is C10H19NO5S. The lowest BCUT2D eigenvalue weighted by Gasteiger charge is -2.37. The summed E-state index contributed by atoms with van der Waals surface area (Å²) in [4.78, 5) is 10.4. The van der Waals surface area contributed by atoms with Crippen molar-refractivity contribution in [3.8, 4) is 0 Å². The molecule has 1 heterocycles. The number of carboxylic acids is 1. The van der Waals surface area contributed by atoms with Gasteiger partial charge in [-0.2, -0.15) is 0 Å². The maximum atomic E-state index is 11.7. The predicted molar refractivity (Wildman–Crippen MR) is 62.2 cm³/mol. The van der Waals surface area contributed by atoms with E-state index >= 15 is 0 Å². The fourth-order valence-corrected chi connectivity index (χ4v) is 3.08. The fourth-order valence-electron chi connectivity index (χ4n) is 1.64. The van der Waals surface area contributed by atoms with Gasteiger partial charge in [-0.25, -0.2) is 12.7 Å². The number of nitrogens with zero attached hydrogens (tertiary/aromatic N) is 1. The molecule has 0 aromatic heterocycles. The Balaban J connectivity index is 2.29. The predicted octanol–water partition coefficient (Wildman–Crippen LogP) is 0.148. The maximum absolute atomic E-state index is 11.7. The quantitative estimate of drug-likeness (QED) is 0.708. The largest absolute Gasteiger partial charge is 0.481 e. The topological polar surface area (TPSA) is 83.9 Å². The van der Waals surface area contributed by atoms with Crippen LogP contribution in [-0.2, 0) is 19.6 Å². The lowest BCUT2D eigenvalue weighted by atomic mass is 10.00. The molecule has 1 rings (SSSR count). The molecule has 0 radical (unpaired) electrons. The van der Waals surface area contributed by atoms with Gasteiger partial charge in [-0.15, -0.1) is 0 Å². The fraction of sp³-hybridized carbons (Fsp3) is 0.900. The van der Waals surface area contributed by atoms with Gasteiger partial charge in [0.25, 0.3) is 0 Å². The Labute approximate surface area is 102 Å². The summed E-state index contributed by atoms with van der Waals surface area (Å²) >= 11 is 0. The van der Waals surface area contributed by atoms with Gasteiger partial charge in [0, 0.05) is 13.1 Å². The van der Waals surface area contributed by atoms with Crippen molar-refractivity contribution in [2.45, 2.75) is 26.4 Å². The third kappa shape index (κ3) is 4.61. The van der Waals surface area contributed by atoms with Crippen molar-refractivity contribution in [2.24, 2.45) is 5.92 Å². The molecular weight excluding hydrogens is 246 g/mol. The molecule has 1 aliphatic rings. The second-order valence-corrected chi connectivity index (χ2v) is 6.60. The molecule has 0 aromatic rings. The Morgan fingerprint density at radius 2 is 2.06 bits per heavy atom. The van der Waals surface area contributed by atoms with Crippen LogP contribution in [0.4, 0.5) is 0 Å². The van der Waals surface area contributed by atoms with Crippen molar-refractivity contribution in [3.63, 3.8) is 0 Å². The number of hydrogen-bond acceptors (Lipinski definition) is 4. The summed E-state index contributed by atoms with van der Waals surface area (Å²) < 4.78 is 30.0. The van der Waals surface area contributed by atoms with Crippen molar-refractivity contribution in [3.05, 3.63) is 0 Å². The van der Waals surface area contributed by atoms with E-state index in [2.05, 4.69) is 0 Å². The van der Waals surface area contributed by atoms with E-state index < -0.39 is 16.0 Å². The van der Waals surface area contributed by atoms with Crippen molar-refractivity contribution in [1.82, 2.24) is 4.31 Å². The first-order valence-corrected chi connectivity index (χ1v) is 7.23. The first kappa shape index (κ1) is 14.4. The standard InChI is InChI=1S/C10H19NO5S/c1-8(2)16-3-4-17(14,15)11-6-9(7-11)5-10(12)13/h8-9H,3-7H2,1-2H3,(H,12,13). The highest BCUT2D eigenvalue weighted by Crippen LogP contribution is 2.22. The second-order valence-electron chi connectivity index (χ2n) is 4.52. The Kier molecular flexibility index (Phi) is 4.91. The van der Waals surface area contributed by atoms with E-state index in [0.29, 0.717) is 13.1 Å². The number of rotatable bonds is 7. The van der Waals surface area contributed by atoms with E-state index in [1.807, 2.05) is 13.8 Å². The minimum absolute atomic E-state index is 0.0151. The van der Waals surface area contributed by atoms with Gasteiger partial charge in [-0.05, 0) is 19.8 Å². The van der Waals surface area contributed by atoms with E-state index in [1.165, 1.54) is 4.31 Å². The van der Waals surface area contributed by atoms with Gasteiger partial charge in [0.1, 0.15) is 0 Å². The molecule has 1 aliphatic heterocycles. The molecule has 100 valence electrons. The second kappa shape index (κ2) is 5.79. The van der Waals surface area contributed by atoms with Crippen LogP contribution in [0.1, 0.15) is 20.3 Å². The smallest absolute Gasteiger partial charge is 0.303 e. The zero-order valence-corrected chi connectivity index (χ0v) is 10.9. The Morgan fingerprint density at radius 3 is 2.53 bits per heavy atom. The molecule has 1 N–H and O–H groups in total. The van der Waals surface area contributed by atoms with Crippen LogP contribution in [0.15, 0.2) is 0 Å². The van der Waals surface area contributed by atoms with Crippen LogP contribution in [0.2, 0.25) is 0 Å². The summed E-state index contributed by atoms with van der Waals surface area (Å²) in [7, 11) is -3.27. The van der Waals surface area contributed by atoms with Crippen molar-refractivity contribution in [1.29, 1.82) is 0 Å². The number of aliphatic carboxylic acids is 1. The average Bonchev–Trinajstić information content (AvgIpc) is 2.08. The molecule has 0 aliphatic carbocycles. The molecule has 0 aromatic carbocycles. The molecule has 0 bridgehead atoms. The van der Waals surface area contributed by atoms with E-state index in [1.54, 1.807) is 0 Å². The molecule has 0 atom stereocenters. The summed E-state index contributed by atoms with van der Waals surface area (Å²) in [5, 5.41) is 8.55. The molecule has 0 unspecified atom stereocenters. The van der Waals surface area contributed by atoms with Crippen LogP contribution in [0.25, 0.3) is 0 Å². The van der Waals surface area contributed by atoms with Gasteiger partial charge >= 0.3 is 5.97 Å². The number of carboxylic acid groups (broad SMARTS) is 1. The lowest BCUT2D eigenvalue weighted by Crippen LogP contribution is -2.51. The molecule has 1 fully saturated rings. The highest BCUT2D eigenvalue weighted by molar-refractivity contribution is 7.89. The Bertz CT molecular complexity index is 359. The van der Waals surface area contributed by atoms with Crippen molar-refractivity contribution >= 4 is 16.0 Å².